The van der Waals surface area contributed by atoms with Crippen LogP contribution in [0.4, 0.5) is 0 Å². The molecule has 0 amide bonds. The molecule has 1 aliphatic heterocycles. The number of nitrogens with zero attached hydrogens (tertiary/aromatic N) is 2. The Labute approximate surface area is 194 Å². The van der Waals surface area contributed by atoms with E-state index in [1.165, 1.54) is 27.8 Å². The summed E-state index contributed by atoms with van der Waals surface area (Å²) in [6.07, 6.45) is 0. The van der Waals surface area contributed by atoms with Crippen LogP contribution in [-0.4, -0.2) is 18.1 Å². The minimum Gasteiger partial charge on any atom is -0.260 e. The minimum absolute atomic E-state index is 0.00871. The van der Waals surface area contributed by atoms with Crippen LogP contribution < -0.4 is 0 Å². The predicted molar refractivity (Wildman–Crippen MR) is 134 cm³/mol. The van der Waals surface area contributed by atoms with E-state index < -0.39 is 0 Å². The smallest absolute Gasteiger partial charge is 0.158 e. The first-order valence-electron chi connectivity index (χ1n) is 10.4. The van der Waals surface area contributed by atoms with Gasteiger partial charge in [-0.3, -0.25) is 4.99 Å². The lowest BCUT2D eigenvalue weighted by Gasteiger charge is -2.24. The molecule has 0 unspecified atom stereocenters. The Morgan fingerprint density at radius 3 is 2.10 bits per heavy atom. The second-order valence-electron chi connectivity index (χ2n) is 9.06. The summed E-state index contributed by atoms with van der Waals surface area (Å²) in [5.74, 6) is 0.601. The van der Waals surface area contributed by atoms with Gasteiger partial charge in [-0.05, 0) is 65.3 Å². The molecule has 3 aromatic rings. The third-order valence-electron chi connectivity index (χ3n) is 5.83. The summed E-state index contributed by atoms with van der Waals surface area (Å²) in [6, 6.07) is 18.6. The van der Waals surface area contributed by atoms with Gasteiger partial charge in [-0.15, -0.1) is 0 Å². The highest BCUT2D eigenvalue weighted by atomic mass is 35.5. The second kappa shape index (κ2) is 8.26. The van der Waals surface area contributed by atoms with Crippen molar-refractivity contribution in [3.63, 3.8) is 0 Å². The maximum Gasteiger partial charge on any atom is 0.158 e. The molecule has 4 heteroatoms. The molecule has 0 atom stereocenters. The summed E-state index contributed by atoms with van der Waals surface area (Å²) in [7, 11) is 0. The zero-order valence-electron chi connectivity index (χ0n) is 18.6. The van der Waals surface area contributed by atoms with E-state index in [0.717, 1.165) is 11.3 Å². The molecule has 158 valence electrons. The van der Waals surface area contributed by atoms with Crippen molar-refractivity contribution >= 4 is 34.7 Å². The van der Waals surface area contributed by atoms with Gasteiger partial charge in [0.25, 0.3) is 0 Å². The highest BCUT2D eigenvalue weighted by Crippen LogP contribution is 2.35. The zero-order valence-corrected chi connectivity index (χ0v) is 20.1. The molecular formula is C27H26Cl2N2. The van der Waals surface area contributed by atoms with Crippen LogP contribution in [0.15, 0.2) is 64.6 Å². The van der Waals surface area contributed by atoms with Crippen molar-refractivity contribution < 1.29 is 0 Å². The number of halogens is 2. The van der Waals surface area contributed by atoms with Gasteiger partial charge in [-0.25, -0.2) is 4.99 Å². The molecule has 0 spiro atoms. The normalized spacial score (nSPS) is 13.9. The highest BCUT2D eigenvalue weighted by molar-refractivity contribution is 6.41. The third-order valence-corrected chi connectivity index (χ3v) is 6.46. The van der Waals surface area contributed by atoms with Crippen molar-refractivity contribution in [1.29, 1.82) is 0 Å². The number of hydrogen-bond donors (Lipinski definition) is 0. The van der Waals surface area contributed by atoms with Crippen LogP contribution in [0.2, 0.25) is 10.0 Å². The van der Waals surface area contributed by atoms with E-state index in [2.05, 4.69) is 76.0 Å². The van der Waals surface area contributed by atoms with E-state index in [0.29, 0.717) is 28.0 Å². The first-order chi connectivity index (χ1) is 14.7. The summed E-state index contributed by atoms with van der Waals surface area (Å²) in [6.45, 7) is 11.6. The van der Waals surface area contributed by atoms with E-state index >= 15 is 0 Å². The van der Waals surface area contributed by atoms with Gasteiger partial charge in [0.05, 0.1) is 27.9 Å². The monoisotopic (exact) mass is 448 g/mol. The lowest BCUT2D eigenvalue weighted by atomic mass is 9.81. The van der Waals surface area contributed by atoms with Crippen LogP contribution in [-0.2, 0) is 5.41 Å². The number of amidine groups is 1. The second-order valence-corrected chi connectivity index (χ2v) is 9.87. The van der Waals surface area contributed by atoms with E-state index in [1.807, 2.05) is 18.2 Å². The van der Waals surface area contributed by atoms with E-state index in [1.54, 1.807) is 0 Å². The average molecular weight is 449 g/mol. The number of aliphatic imine (C=N–C) groups is 2. The molecule has 2 nitrogen and oxygen atoms in total. The fourth-order valence-electron chi connectivity index (χ4n) is 3.94. The fraction of sp³-hybridized carbons (Fsp3) is 0.259. The topological polar surface area (TPSA) is 24.7 Å². The molecule has 3 aromatic carbocycles. The number of benzene rings is 3. The molecule has 0 aromatic heterocycles. The van der Waals surface area contributed by atoms with Gasteiger partial charge >= 0.3 is 0 Å². The average Bonchev–Trinajstić information content (AvgIpc) is 3.17. The quantitative estimate of drug-likeness (QED) is 0.389. The molecule has 4 rings (SSSR count). The summed E-state index contributed by atoms with van der Waals surface area (Å²) >= 11 is 12.8. The minimum atomic E-state index is 0.00871. The summed E-state index contributed by atoms with van der Waals surface area (Å²) in [5.41, 5.74) is 9.03. The fourth-order valence-corrected chi connectivity index (χ4v) is 4.51. The van der Waals surface area contributed by atoms with Crippen molar-refractivity contribution in [2.24, 2.45) is 9.98 Å². The van der Waals surface area contributed by atoms with Crippen molar-refractivity contribution in [1.82, 2.24) is 0 Å². The van der Waals surface area contributed by atoms with Gasteiger partial charge in [-0.1, -0.05) is 80.4 Å². The third kappa shape index (κ3) is 4.20. The standard InChI is InChI=1S/C27H26Cl2N2/c1-16-9-6-7-10-19(16)20-13-18(27(3,4)5)14-21(17(20)2)24-15-30-26(31-24)25-22(28)11-8-12-23(25)29/h6-14H,15H2,1-5H3. The molecule has 0 aliphatic carbocycles. The van der Waals surface area contributed by atoms with Gasteiger partial charge in [-0.2, -0.15) is 0 Å². The molecule has 31 heavy (non-hydrogen) atoms. The van der Waals surface area contributed by atoms with Crippen LogP contribution in [0.1, 0.15) is 48.6 Å². The van der Waals surface area contributed by atoms with Crippen molar-refractivity contribution in [3.05, 3.63) is 92.5 Å². The van der Waals surface area contributed by atoms with Gasteiger partial charge in [0.1, 0.15) is 0 Å². The number of rotatable bonds is 3. The Kier molecular flexibility index (Phi) is 5.81. The molecule has 0 radical (unpaired) electrons. The molecular weight excluding hydrogens is 423 g/mol. The predicted octanol–water partition coefficient (Wildman–Crippen LogP) is 7.82. The Morgan fingerprint density at radius 1 is 0.806 bits per heavy atom. The SMILES string of the molecule is Cc1ccccc1-c1cc(C(C)(C)C)cc(C2=NC(c3c(Cl)cccc3Cl)=NC2)c1C. The summed E-state index contributed by atoms with van der Waals surface area (Å²) < 4.78 is 0. The van der Waals surface area contributed by atoms with Gasteiger partial charge in [0, 0.05) is 5.56 Å². The van der Waals surface area contributed by atoms with Crippen molar-refractivity contribution in [2.75, 3.05) is 6.54 Å². The highest BCUT2D eigenvalue weighted by Gasteiger charge is 2.24. The zero-order chi connectivity index (χ0) is 22.3. The largest absolute Gasteiger partial charge is 0.260 e. The maximum atomic E-state index is 6.41. The Hall–Kier alpha value is -2.42. The van der Waals surface area contributed by atoms with Crippen LogP contribution in [0.3, 0.4) is 0 Å². The van der Waals surface area contributed by atoms with Crippen molar-refractivity contribution in [2.45, 2.75) is 40.0 Å². The molecule has 0 fully saturated rings. The van der Waals surface area contributed by atoms with Crippen LogP contribution in [0.5, 0.6) is 0 Å². The van der Waals surface area contributed by atoms with Crippen LogP contribution in [0.25, 0.3) is 11.1 Å². The van der Waals surface area contributed by atoms with Crippen LogP contribution in [0, 0.1) is 13.8 Å². The first kappa shape index (κ1) is 21.8. The Balaban J connectivity index is 1.88. The molecule has 0 saturated heterocycles. The molecule has 1 aliphatic rings. The van der Waals surface area contributed by atoms with Gasteiger partial charge < -0.3 is 0 Å². The summed E-state index contributed by atoms with van der Waals surface area (Å²) in [5, 5.41) is 1.13. The molecule has 0 saturated carbocycles. The molecule has 0 N–H and O–H groups in total. The lowest BCUT2D eigenvalue weighted by molar-refractivity contribution is 0.590. The van der Waals surface area contributed by atoms with Crippen LogP contribution >= 0.6 is 23.2 Å². The Morgan fingerprint density at radius 2 is 1.45 bits per heavy atom. The van der Waals surface area contributed by atoms with E-state index in [4.69, 9.17) is 28.2 Å². The van der Waals surface area contributed by atoms with Crippen molar-refractivity contribution in [3.8, 4) is 11.1 Å². The summed E-state index contributed by atoms with van der Waals surface area (Å²) in [4.78, 5) is 9.57. The molecule has 0 bridgehead atoms. The number of aryl methyl sites for hydroxylation is 1. The van der Waals surface area contributed by atoms with E-state index in [9.17, 15) is 0 Å². The molecule has 1 heterocycles. The first-order valence-corrected chi connectivity index (χ1v) is 11.2. The Bertz CT molecular complexity index is 1210. The van der Waals surface area contributed by atoms with E-state index in [-0.39, 0.29) is 5.41 Å². The van der Waals surface area contributed by atoms with Gasteiger partial charge in [0.2, 0.25) is 0 Å². The maximum absolute atomic E-state index is 6.41. The lowest BCUT2D eigenvalue weighted by Crippen LogP contribution is -2.15. The number of hydrogen-bond acceptors (Lipinski definition) is 2. The van der Waals surface area contributed by atoms with Gasteiger partial charge in [0.15, 0.2) is 5.84 Å².